The predicted octanol–water partition coefficient (Wildman–Crippen LogP) is 26.9. The number of fused-ring (bicyclic) bond motifs is 26. The summed E-state index contributed by atoms with van der Waals surface area (Å²) in [7, 11) is 0. The van der Waals surface area contributed by atoms with E-state index in [0.717, 1.165) is 45.3 Å². The standard InChI is InChI=1S/C104H72N2/c1-101(2)88-40-16-8-33-76(88)83-54-49-71(61-95(83)101)105(72-50-56-86-81-38-12-20-44-92(81)103(98(86)63-72)90-42-18-10-35-78(90)79-36-11-19-43-91(79)103)70-31-25-30-68(59-70)66-28-24-29-67(58-66)69-48-53-85-80-37-13-21-45-93(80)104(97(85)60-69)94-46-22-14-39-82(94)87-57-52-74(64-99(87)104)106(100-47-23-15-32-75(100)65-26-6-5-7-27-65)73-51-55-84-77-34-9-17-41-89(77)102(3,4)96(84)62-73/h5-64H,1-4H3. The molecule has 2 nitrogen and oxygen atoms in total. The first kappa shape index (κ1) is 60.7. The summed E-state index contributed by atoms with van der Waals surface area (Å²) in [5.74, 6) is 0. The van der Waals surface area contributed by atoms with E-state index in [4.69, 9.17) is 0 Å². The molecule has 22 rings (SSSR count). The molecule has 0 N–H and O–H groups in total. The van der Waals surface area contributed by atoms with Crippen LogP contribution < -0.4 is 9.80 Å². The molecule has 0 aromatic heterocycles. The average molecular weight is 1350 g/mol. The summed E-state index contributed by atoms with van der Waals surface area (Å²) in [6.45, 7) is 9.56. The fourth-order valence-corrected chi connectivity index (χ4v) is 20.4. The summed E-state index contributed by atoms with van der Waals surface area (Å²) in [4.78, 5) is 5.07. The van der Waals surface area contributed by atoms with Gasteiger partial charge in [0.05, 0.1) is 16.5 Å². The molecule has 6 aliphatic rings. The predicted molar refractivity (Wildman–Crippen MR) is 440 cm³/mol. The van der Waals surface area contributed by atoms with Gasteiger partial charge in [0.15, 0.2) is 0 Å². The number of para-hydroxylation sites is 1. The van der Waals surface area contributed by atoms with Crippen LogP contribution in [0, 0.1) is 0 Å². The van der Waals surface area contributed by atoms with Gasteiger partial charge in [-0.05, 0) is 240 Å². The molecular formula is C104H72N2. The highest BCUT2D eigenvalue weighted by Gasteiger charge is 2.54. The smallest absolute Gasteiger partial charge is 0.0726 e. The van der Waals surface area contributed by atoms with E-state index < -0.39 is 10.8 Å². The zero-order chi connectivity index (χ0) is 70.4. The molecule has 0 saturated heterocycles. The summed E-state index contributed by atoms with van der Waals surface area (Å²) in [5.41, 5.74) is 43.6. The van der Waals surface area contributed by atoms with Crippen LogP contribution in [-0.2, 0) is 21.7 Å². The molecule has 106 heavy (non-hydrogen) atoms. The summed E-state index contributed by atoms with van der Waals surface area (Å²) >= 11 is 0. The van der Waals surface area contributed by atoms with E-state index in [1.54, 1.807) is 0 Å². The van der Waals surface area contributed by atoms with Crippen molar-refractivity contribution in [1.82, 2.24) is 0 Å². The molecule has 16 aromatic carbocycles. The lowest BCUT2D eigenvalue weighted by Crippen LogP contribution is -2.26. The second-order valence-electron chi connectivity index (χ2n) is 30.9. The SMILES string of the molecule is CC1(C)c2ccccc2-c2ccc(N(c3cccc(-c4cccc(-c5ccc6c(c5)C5(c7ccccc7-6)c6ccccc6-c6ccc(N(c7ccc8c(c7)C(C)(C)c7ccccc7-8)c7ccccc7-c7ccccc7)cc65)c4)c3)c3ccc4c(c3)C3(c5ccccc5-c5ccccc53)c3ccccc3-4)cc21. The van der Waals surface area contributed by atoms with Crippen LogP contribution in [0.25, 0.3) is 100 Å². The maximum Gasteiger partial charge on any atom is 0.0726 e. The lowest BCUT2D eigenvalue weighted by molar-refractivity contribution is 0.660. The van der Waals surface area contributed by atoms with Crippen LogP contribution in [0.2, 0.25) is 0 Å². The van der Waals surface area contributed by atoms with Crippen LogP contribution in [-0.4, -0.2) is 0 Å². The van der Waals surface area contributed by atoms with Crippen molar-refractivity contribution in [1.29, 1.82) is 0 Å². The molecule has 1 atom stereocenters. The van der Waals surface area contributed by atoms with Gasteiger partial charge in [0.1, 0.15) is 0 Å². The van der Waals surface area contributed by atoms with Crippen molar-refractivity contribution in [2.24, 2.45) is 0 Å². The Morgan fingerprint density at radius 2 is 0.434 bits per heavy atom. The van der Waals surface area contributed by atoms with Gasteiger partial charge < -0.3 is 9.80 Å². The highest BCUT2D eigenvalue weighted by Crippen LogP contribution is 2.66. The zero-order valence-corrected chi connectivity index (χ0v) is 59.5. The third-order valence-electron chi connectivity index (χ3n) is 25.1. The highest BCUT2D eigenvalue weighted by atomic mass is 15.2. The fraction of sp³-hybridized carbons (Fsp3) is 0.0769. The monoisotopic (exact) mass is 1350 g/mol. The molecule has 0 amide bonds. The maximum absolute atomic E-state index is 2.55. The van der Waals surface area contributed by atoms with Gasteiger partial charge in [0.25, 0.3) is 0 Å². The number of hydrogen-bond donors (Lipinski definition) is 0. The van der Waals surface area contributed by atoms with Crippen LogP contribution in [0.5, 0.6) is 0 Å². The molecule has 0 heterocycles. The van der Waals surface area contributed by atoms with Gasteiger partial charge >= 0.3 is 0 Å². The van der Waals surface area contributed by atoms with E-state index in [1.807, 2.05) is 0 Å². The average Bonchev–Trinajstić information content (AvgIpc) is 1.51. The Morgan fingerprint density at radius 3 is 0.877 bits per heavy atom. The Hall–Kier alpha value is -12.9. The molecule has 0 bridgehead atoms. The van der Waals surface area contributed by atoms with Gasteiger partial charge in [-0.15, -0.1) is 0 Å². The molecule has 2 heteroatoms. The van der Waals surface area contributed by atoms with Crippen molar-refractivity contribution >= 4 is 34.1 Å². The molecule has 0 radical (unpaired) electrons. The number of benzene rings is 16. The largest absolute Gasteiger partial charge is 0.310 e. The van der Waals surface area contributed by atoms with Crippen molar-refractivity contribution in [2.75, 3.05) is 9.80 Å². The van der Waals surface area contributed by atoms with Gasteiger partial charge in [0, 0.05) is 44.8 Å². The van der Waals surface area contributed by atoms with Crippen molar-refractivity contribution in [3.05, 3.63) is 431 Å². The summed E-state index contributed by atoms with van der Waals surface area (Å²) in [5, 5.41) is 0. The Kier molecular flexibility index (Phi) is 12.8. The second kappa shape index (κ2) is 22.3. The zero-order valence-electron chi connectivity index (χ0n) is 59.5. The number of hydrogen-bond acceptors (Lipinski definition) is 2. The Labute approximate surface area is 620 Å². The maximum atomic E-state index is 2.55. The van der Waals surface area contributed by atoms with Crippen LogP contribution in [0.1, 0.15) is 94.5 Å². The topological polar surface area (TPSA) is 6.48 Å². The van der Waals surface area contributed by atoms with Crippen LogP contribution in [0.4, 0.5) is 34.1 Å². The van der Waals surface area contributed by atoms with Crippen molar-refractivity contribution in [3.8, 4) is 100 Å². The van der Waals surface area contributed by atoms with Crippen LogP contribution >= 0.6 is 0 Å². The summed E-state index contributed by atoms with van der Waals surface area (Å²) in [6, 6.07) is 139. The summed E-state index contributed by atoms with van der Waals surface area (Å²) in [6.07, 6.45) is 0. The van der Waals surface area contributed by atoms with Gasteiger partial charge in [-0.3, -0.25) is 0 Å². The van der Waals surface area contributed by atoms with Gasteiger partial charge in [-0.1, -0.05) is 313 Å². The van der Waals surface area contributed by atoms with E-state index in [1.165, 1.54) is 156 Å². The molecule has 498 valence electrons. The molecular weight excluding hydrogens is 1280 g/mol. The minimum Gasteiger partial charge on any atom is -0.310 e. The normalized spacial score (nSPS) is 15.6. The Balaban J connectivity index is 0.694. The highest BCUT2D eigenvalue weighted by molar-refractivity contribution is 6.01. The first-order valence-corrected chi connectivity index (χ1v) is 37.5. The second-order valence-corrected chi connectivity index (χ2v) is 30.9. The minimum absolute atomic E-state index is 0.190. The van der Waals surface area contributed by atoms with Gasteiger partial charge in [-0.2, -0.15) is 0 Å². The number of rotatable bonds is 9. The molecule has 0 aliphatic heterocycles. The molecule has 0 saturated carbocycles. The van der Waals surface area contributed by atoms with Crippen LogP contribution in [0.3, 0.4) is 0 Å². The fourth-order valence-electron chi connectivity index (χ4n) is 20.4. The molecule has 2 spiro atoms. The van der Waals surface area contributed by atoms with Gasteiger partial charge in [0.2, 0.25) is 0 Å². The lowest BCUT2D eigenvalue weighted by Gasteiger charge is -2.33. The molecule has 16 aromatic rings. The third kappa shape index (κ3) is 8.22. The van der Waals surface area contributed by atoms with Crippen LogP contribution in [0.15, 0.2) is 364 Å². The summed E-state index contributed by atoms with van der Waals surface area (Å²) < 4.78 is 0. The van der Waals surface area contributed by atoms with E-state index in [0.29, 0.717) is 0 Å². The van der Waals surface area contributed by atoms with Crippen molar-refractivity contribution in [2.45, 2.75) is 49.4 Å². The van der Waals surface area contributed by atoms with Crippen molar-refractivity contribution in [3.63, 3.8) is 0 Å². The molecule has 6 aliphatic carbocycles. The van der Waals surface area contributed by atoms with E-state index in [9.17, 15) is 0 Å². The van der Waals surface area contributed by atoms with E-state index in [2.05, 4.69) is 401 Å². The Morgan fingerprint density at radius 1 is 0.160 bits per heavy atom. The van der Waals surface area contributed by atoms with Crippen molar-refractivity contribution < 1.29 is 0 Å². The first-order chi connectivity index (χ1) is 52.1. The number of nitrogens with zero attached hydrogens (tertiary/aromatic N) is 2. The first-order valence-electron chi connectivity index (χ1n) is 37.5. The lowest BCUT2D eigenvalue weighted by atomic mass is 9.70. The number of anilines is 6. The van der Waals surface area contributed by atoms with E-state index >= 15 is 0 Å². The van der Waals surface area contributed by atoms with Gasteiger partial charge in [-0.25, -0.2) is 0 Å². The third-order valence-corrected chi connectivity index (χ3v) is 25.1. The molecule has 0 fully saturated rings. The quantitative estimate of drug-likeness (QED) is 0.142. The minimum atomic E-state index is -0.633. The Bertz CT molecular complexity index is 6360. The van der Waals surface area contributed by atoms with E-state index in [-0.39, 0.29) is 10.8 Å². The molecule has 1 unspecified atom stereocenters.